The topological polar surface area (TPSA) is 61.4 Å². The lowest BCUT2D eigenvalue weighted by Gasteiger charge is -2.35. The number of aromatic nitrogens is 2. The number of hydrogen-bond acceptors (Lipinski definition) is 7. The number of rotatable bonds is 6. The fourth-order valence-electron chi connectivity index (χ4n) is 2.81. The van der Waals surface area contributed by atoms with Crippen molar-refractivity contribution in [2.75, 3.05) is 38.0 Å². The number of thioether (sulfide) groups is 1. The van der Waals surface area contributed by atoms with E-state index in [4.69, 9.17) is 0 Å². The highest BCUT2D eigenvalue weighted by Crippen LogP contribution is 2.31. The fourth-order valence-corrected chi connectivity index (χ4v) is 4.81. The van der Waals surface area contributed by atoms with Gasteiger partial charge in [-0.15, -0.1) is 10.2 Å². The molecule has 1 saturated heterocycles. The van der Waals surface area contributed by atoms with E-state index in [1.165, 1.54) is 28.7 Å². The molecule has 0 aliphatic carbocycles. The molecular weight excluding hydrogens is 366 g/mol. The molecule has 1 aliphatic rings. The molecule has 140 valence electrons. The van der Waals surface area contributed by atoms with Gasteiger partial charge in [0.2, 0.25) is 11.0 Å². The second-order valence-electron chi connectivity index (χ2n) is 6.38. The van der Waals surface area contributed by atoms with Crippen molar-refractivity contribution in [2.24, 2.45) is 0 Å². The lowest BCUT2D eigenvalue weighted by atomic mass is 10.2. The molecule has 0 spiro atoms. The predicted octanol–water partition coefficient (Wildman–Crippen LogP) is 3.23. The molecule has 26 heavy (non-hydrogen) atoms. The first kappa shape index (κ1) is 19.1. The minimum Gasteiger partial charge on any atom is -0.339 e. The van der Waals surface area contributed by atoms with E-state index in [1.54, 1.807) is 0 Å². The summed E-state index contributed by atoms with van der Waals surface area (Å²) in [4.78, 5) is 17.0. The van der Waals surface area contributed by atoms with Crippen LogP contribution in [0.15, 0.2) is 28.6 Å². The zero-order chi connectivity index (χ0) is 18.5. The van der Waals surface area contributed by atoms with Gasteiger partial charge < -0.3 is 15.1 Å². The summed E-state index contributed by atoms with van der Waals surface area (Å²) in [5.74, 6) is 0.189. The largest absolute Gasteiger partial charge is 0.339 e. The first-order chi connectivity index (χ1) is 12.5. The zero-order valence-corrected chi connectivity index (χ0v) is 17.1. The van der Waals surface area contributed by atoms with Gasteiger partial charge in [0, 0.05) is 31.9 Å². The van der Waals surface area contributed by atoms with E-state index in [9.17, 15) is 4.79 Å². The number of nitrogens with one attached hydrogen (secondary N) is 1. The van der Waals surface area contributed by atoms with Crippen LogP contribution in [-0.4, -0.2) is 63.9 Å². The van der Waals surface area contributed by atoms with E-state index in [0.717, 1.165) is 47.9 Å². The summed E-state index contributed by atoms with van der Waals surface area (Å²) in [5, 5.41) is 12.3. The van der Waals surface area contributed by atoms with Crippen LogP contribution in [0.3, 0.4) is 0 Å². The summed E-state index contributed by atoms with van der Waals surface area (Å²) in [6, 6.07) is 8.15. The van der Waals surface area contributed by atoms with Gasteiger partial charge in [-0.1, -0.05) is 47.7 Å². The van der Waals surface area contributed by atoms with Crippen molar-refractivity contribution in [3.8, 4) is 0 Å². The molecule has 1 N–H and O–H groups in total. The smallest absolute Gasteiger partial charge is 0.235 e. The Morgan fingerprint density at radius 1 is 1.23 bits per heavy atom. The number of carbonyl (C=O) groups excluding carboxylic acids is 1. The van der Waals surface area contributed by atoms with Crippen molar-refractivity contribution in [3.63, 3.8) is 0 Å². The van der Waals surface area contributed by atoms with Crippen LogP contribution in [0.4, 0.5) is 10.8 Å². The highest BCUT2D eigenvalue weighted by Gasteiger charge is 2.25. The van der Waals surface area contributed by atoms with Gasteiger partial charge >= 0.3 is 0 Å². The molecule has 8 heteroatoms. The molecule has 2 heterocycles. The maximum atomic E-state index is 12.7. The number of amides is 1. The van der Waals surface area contributed by atoms with Crippen molar-refractivity contribution >= 4 is 39.8 Å². The summed E-state index contributed by atoms with van der Waals surface area (Å²) < 4.78 is 0.813. The minimum atomic E-state index is -0.150. The Bertz CT molecular complexity index is 725. The molecule has 1 fully saturated rings. The number of piperazine rings is 1. The predicted molar refractivity (Wildman–Crippen MR) is 108 cm³/mol. The third-order valence-electron chi connectivity index (χ3n) is 4.47. The number of anilines is 2. The Morgan fingerprint density at radius 2 is 1.92 bits per heavy atom. The van der Waals surface area contributed by atoms with Gasteiger partial charge in [-0.25, -0.2) is 0 Å². The maximum Gasteiger partial charge on any atom is 0.235 e. The van der Waals surface area contributed by atoms with Crippen LogP contribution in [0.5, 0.6) is 0 Å². The third-order valence-corrected chi connectivity index (χ3v) is 6.48. The van der Waals surface area contributed by atoms with Crippen molar-refractivity contribution in [1.29, 1.82) is 0 Å². The Labute approximate surface area is 163 Å². The van der Waals surface area contributed by atoms with Crippen molar-refractivity contribution in [3.05, 3.63) is 29.8 Å². The number of carbonyl (C=O) groups is 1. The zero-order valence-electron chi connectivity index (χ0n) is 15.4. The first-order valence-electron chi connectivity index (χ1n) is 8.90. The third kappa shape index (κ3) is 4.96. The highest BCUT2D eigenvalue weighted by molar-refractivity contribution is 8.02. The standard InChI is InChI=1S/C18H25N5OS2/c1-4-22-9-11-23(12-10-22)16(24)14(3)25-18-21-20-17(26-18)19-15-7-5-13(2)6-8-15/h5-8,14H,4,9-12H2,1-3H3,(H,19,20)/t14-/m0/s1. The van der Waals surface area contributed by atoms with E-state index >= 15 is 0 Å². The molecular formula is C18H25N5OS2. The average Bonchev–Trinajstić information content (AvgIpc) is 3.10. The van der Waals surface area contributed by atoms with Crippen LogP contribution in [0.25, 0.3) is 0 Å². The summed E-state index contributed by atoms with van der Waals surface area (Å²) in [6.45, 7) is 10.8. The van der Waals surface area contributed by atoms with Gasteiger partial charge in [-0.2, -0.15) is 0 Å². The maximum absolute atomic E-state index is 12.7. The average molecular weight is 392 g/mol. The summed E-state index contributed by atoms with van der Waals surface area (Å²) in [5.41, 5.74) is 2.21. The quantitative estimate of drug-likeness (QED) is 0.763. The number of nitrogens with zero attached hydrogens (tertiary/aromatic N) is 4. The van der Waals surface area contributed by atoms with Crippen molar-refractivity contribution in [1.82, 2.24) is 20.0 Å². The highest BCUT2D eigenvalue weighted by atomic mass is 32.2. The molecule has 1 atom stereocenters. The van der Waals surface area contributed by atoms with Gasteiger partial charge in [0.05, 0.1) is 5.25 Å². The Morgan fingerprint density at radius 3 is 2.58 bits per heavy atom. The van der Waals surface area contributed by atoms with Crippen LogP contribution in [-0.2, 0) is 4.79 Å². The lowest BCUT2D eigenvalue weighted by molar-refractivity contribution is -0.132. The molecule has 1 aromatic carbocycles. The second kappa shape index (κ2) is 8.83. The normalized spacial score (nSPS) is 16.5. The molecule has 6 nitrogen and oxygen atoms in total. The van der Waals surface area contributed by atoms with Crippen LogP contribution in [0.1, 0.15) is 19.4 Å². The Kier molecular flexibility index (Phi) is 6.50. The number of likely N-dealkylation sites (N-methyl/N-ethyl adjacent to an activating group) is 1. The molecule has 1 amide bonds. The number of hydrogen-bond donors (Lipinski definition) is 1. The molecule has 1 aromatic heterocycles. The minimum absolute atomic E-state index is 0.150. The molecule has 0 unspecified atom stereocenters. The first-order valence-corrected chi connectivity index (χ1v) is 10.6. The van der Waals surface area contributed by atoms with Crippen LogP contribution in [0, 0.1) is 6.92 Å². The number of benzene rings is 1. The fraction of sp³-hybridized carbons (Fsp3) is 0.500. The summed E-state index contributed by atoms with van der Waals surface area (Å²) >= 11 is 2.96. The molecule has 2 aromatic rings. The lowest BCUT2D eigenvalue weighted by Crippen LogP contribution is -2.50. The Balaban J connectivity index is 1.53. The van der Waals surface area contributed by atoms with Crippen LogP contribution in [0.2, 0.25) is 0 Å². The van der Waals surface area contributed by atoms with E-state index in [-0.39, 0.29) is 11.2 Å². The summed E-state index contributed by atoms with van der Waals surface area (Å²) in [6.07, 6.45) is 0. The van der Waals surface area contributed by atoms with E-state index in [0.29, 0.717) is 0 Å². The van der Waals surface area contributed by atoms with Gasteiger partial charge in [0.25, 0.3) is 0 Å². The number of aryl methyl sites for hydroxylation is 1. The second-order valence-corrected chi connectivity index (χ2v) is 8.95. The van der Waals surface area contributed by atoms with Crippen molar-refractivity contribution in [2.45, 2.75) is 30.4 Å². The molecule has 0 bridgehead atoms. The monoisotopic (exact) mass is 391 g/mol. The van der Waals surface area contributed by atoms with E-state index in [1.807, 2.05) is 24.0 Å². The van der Waals surface area contributed by atoms with Gasteiger partial charge in [0.15, 0.2) is 4.34 Å². The van der Waals surface area contributed by atoms with Crippen molar-refractivity contribution < 1.29 is 4.79 Å². The van der Waals surface area contributed by atoms with Gasteiger partial charge in [0.1, 0.15) is 0 Å². The molecule has 0 radical (unpaired) electrons. The van der Waals surface area contributed by atoms with Gasteiger partial charge in [-0.3, -0.25) is 4.79 Å². The van der Waals surface area contributed by atoms with Gasteiger partial charge in [-0.05, 0) is 32.5 Å². The molecule has 1 aliphatic heterocycles. The van der Waals surface area contributed by atoms with E-state index in [2.05, 4.69) is 46.4 Å². The van der Waals surface area contributed by atoms with Crippen LogP contribution >= 0.6 is 23.1 Å². The van der Waals surface area contributed by atoms with E-state index < -0.39 is 0 Å². The summed E-state index contributed by atoms with van der Waals surface area (Å²) in [7, 11) is 0. The Hall–Kier alpha value is -1.64. The van der Waals surface area contributed by atoms with Crippen LogP contribution < -0.4 is 5.32 Å². The SMILES string of the molecule is CCN1CCN(C(=O)[C@H](C)Sc2nnc(Nc3ccc(C)cc3)s2)CC1. The molecule has 0 saturated carbocycles. The molecule has 3 rings (SSSR count).